The van der Waals surface area contributed by atoms with Crippen LogP contribution >= 0.6 is 12.4 Å². The largest absolute Gasteiger partial charge is 0.478 e. The third-order valence-electron chi connectivity index (χ3n) is 3.51. The minimum absolute atomic E-state index is 0. The molecular weight excluding hydrogens is 306 g/mol. The van der Waals surface area contributed by atoms with Gasteiger partial charge in [-0.05, 0) is 25.0 Å². The molecule has 1 aliphatic heterocycles. The summed E-state index contributed by atoms with van der Waals surface area (Å²) in [6.07, 6.45) is 9.38. The number of unbranched alkanes of at least 4 members (excludes halogenated alkanes) is 4. The molecule has 0 unspecified atom stereocenters. The molecule has 6 heteroatoms. The zero-order valence-corrected chi connectivity index (χ0v) is 14.2. The van der Waals surface area contributed by atoms with Gasteiger partial charge >= 0.3 is 11.9 Å². The van der Waals surface area contributed by atoms with Gasteiger partial charge in [0.25, 0.3) is 0 Å². The number of nitrogens with zero attached hydrogens (tertiary/aromatic N) is 1. The molecule has 0 saturated carbocycles. The second kappa shape index (κ2) is 11.1. The Morgan fingerprint density at radius 2 is 1.95 bits per heavy atom. The van der Waals surface area contributed by atoms with Crippen LogP contribution in [0.4, 0.5) is 0 Å². The summed E-state index contributed by atoms with van der Waals surface area (Å²) in [6, 6.07) is 0. The number of aliphatic carboxylic acids is 1. The summed E-state index contributed by atoms with van der Waals surface area (Å²) in [5, 5.41) is 9.06. The van der Waals surface area contributed by atoms with E-state index in [1.54, 1.807) is 24.1 Å². The Balaban J connectivity index is 0.00000441. The maximum Gasteiger partial charge on any atom is 0.333 e. The molecule has 0 aromatic carbocycles. The van der Waals surface area contributed by atoms with Gasteiger partial charge in [-0.15, -0.1) is 12.4 Å². The van der Waals surface area contributed by atoms with Crippen LogP contribution in [0.25, 0.3) is 0 Å². The molecule has 1 rings (SSSR count). The minimum atomic E-state index is -0.927. The maximum absolute atomic E-state index is 11.6. The second-order valence-corrected chi connectivity index (χ2v) is 5.34. The molecule has 0 fully saturated rings. The number of carboxylic acids is 1. The molecule has 1 heterocycles. The van der Waals surface area contributed by atoms with Gasteiger partial charge < -0.3 is 14.7 Å². The van der Waals surface area contributed by atoms with Crippen LogP contribution in [0.15, 0.2) is 23.4 Å². The van der Waals surface area contributed by atoms with Gasteiger partial charge in [0, 0.05) is 12.6 Å². The first-order chi connectivity index (χ1) is 10.0. The van der Waals surface area contributed by atoms with Crippen LogP contribution in [0, 0.1) is 0 Å². The van der Waals surface area contributed by atoms with Gasteiger partial charge in [-0.25, -0.2) is 4.79 Å². The number of carbonyl (C=O) groups excluding carboxylic acids is 1. The third-order valence-corrected chi connectivity index (χ3v) is 3.51. The number of rotatable bonds is 9. The van der Waals surface area contributed by atoms with E-state index in [0.29, 0.717) is 12.0 Å². The van der Waals surface area contributed by atoms with Crippen LogP contribution < -0.4 is 0 Å². The van der Waals surface area contributed by atoms with Crippen molar-refractivity contribution in [3.8, 4) is 0 Å². The fraction of sp³-hybridized carbons (Fsp3) is 0.625. The Kier molecular flexibility index (Phi) is 10.4. The molecule has 0 atom stereocenters. The van der Waals surface area contributed by atoms with Crippen molar-refractivity contribution in [1.29, 1.82) is 0 Å². The molecule has 5 nitrogen and oxygen atoms in total. The molecule has 0 aromatic heterocycles. The molecule has 0 radical (unpaired) electrons. The number of carbonyl (C=O) groups is 2. The van der Waals surface area contributed by atoms with Crippen molar-refractivity contribution in [3.63, 3.8) is 0 Å². The van der Waals surface area contributed by atoms with Crippen molar-refractivity contribution in [3.05, 3.63) is 23.4 Å². The lowest BCUT2D eigenvalue weighted by atomic mass is 10.1. The van der Waals surface area contributed by atoms with Gasteiger partial charge in [-0.2, -0.15) is 0 Å². The summed E-state index contributed by atoms with van der Waals surface area (Å²) in [5.41, 5.74) is 1.08. The lowest BCUT2D eigenvalue weighted by Gasteiger charge is -2.24. The first-order valence-electron chi connectivity index (χ1n) is 7.55. The minimum Gasteiger partial charge on any atom is -0.478 e. The van der Waals surface area contributed by atoms with E-state index < -0.39 is 5.97 Å². The van der Waals surface area contributed by atoms with Crippen LogP contribution in [0.3, 0.4) is 0 Å². The van der Waals surface area contributed by atoms with Gasteiger partial charge in [0.05, 0.1) is 12.1 Å². The highest BCUT2D eigenvalue weighted by molar-refractivity contribution is 5.88. The normalized spacial score (nSPS) is 13.8. The summed E-state index contributed by atoms with van der Waals surface area (Å²) in [5.74, 6) is -1.15. The first-order valence-corrected chi connectivity index (χ1v) is 7.55. The molecule has 22 heavy (non-hydrogen) atoms. The number of hydrogen-bond acceptors (Lipinski definition) is 4. The van der Waals surface area contributed by atoms with Crippen molar-refractivity contribution in [2.75, 3.05) is 13.3 Å². The van der Waals surface area contributed by atoms with Crippen LogP contribution in [0.1, 0.15) is 52.4 Å². The fourth-order valence-electron chi connectivity index (χ4n) is 2.12. The standard InChI is InChI=1S/C16H25NO4.ClH/c1-3-4-5-6-7-8-15(18)21-12-17-10-9-13(2)14(11-17)16(19)20;/h9-10H,3-8,11-12H2,1-2H3,(H,19,20);1H. The Morgan fingerprint density at radius 1 is 1.27 bits per heavy atom. The highest BCUT2D eigenvalue weighted by Gasteiger charge is 2.17. The van der Waals surface area contributed by atoms with Crippen molar-refractivity contribution in [2.45, 2.75) is 52.4 Å². The average Bonchev–Trinajstić information content (AvgIpc) is 2.46. The predicted octanol–water partition coefficient (Wildman–Crippen LogP) is 3.50. The average molecular weight is 332 g/mol. The second-order valence-electron chi connectivity index (χ2n) is 5.34. The van der Waals surface area contributed by atoms with E-state index in [-0.39, 0.29) is 31.7 Å². The van der Waals surface area contributed by atoms with E-state index in [9.17, 15) is 9.59 Å². The number of esters is 1. The summed E-state index contributed by atoms with van der Waals surface area (Å²) in [6.45, 7) is 4.29. The van der Waals surface area contributed by atoms with Crippen LogP contribution in [-0.2, 0) is 14.3 Å². The molecule has 0 aromatic rings. The monoisotopic (exact) mass is 331 g/mol. The molecule has 0 spiro atoms. The molecule has 0 aliphatic carbocycles. The zero-order valence-electron chi connectivity index (χ0n) is 13.3. The summed E-state index contributed by atoms with van der Waals surface area (Å²) in [7, 11) is 0. The summed E-state index contributed by atoms with van der Waals surface area (Å²) < 4.78 is 5.17. The smallest absolute Gasteiger partial charge is 0.333 e. The number of carboxylic acid groups (broad SMARTS) is 1. The van der Waals surface area contributed by atoms with E-state index >= 15 is 0 Å². The van der Waals surface area contributed by atoms with Gasteiger partial charge in [0.15, 0.2) is 6.73 Å². The molecule has 126 valence electrons. The van der Waals surface area contributed by atoms with E-state index in [2.05, 4.69) is 6.92 Å². The Labute approximate surface area is 138 Å². The lowest BCUT2D eigenvalue weighted by Crippen LogP contribution is -2.29. The van der Waals surface area contributed by atoms with Crippen LogP contribution in [0.5, 0.6) is 0 Å². The lowest BCUT2D eigenvalue weighted by molar-refractivity contribution is -0.147. The molecule has 1 aliphatic rings. The summed E-state index contributed by atoms with van der Waals surface area (Å²) >= 11 is 0. The summed E-state index contributed by atoms with van der Waals surface area (Å²) in [4.78, 5) is 24.3. The molecule has 1 N–H and O–H groups in total. The third kappa shape index (κ3) is 7.50. The Bertz CT molecular complexity index is 432. The van der Waals surface area contributed by atoms with Crippen molar-refractivity contribution < 1.29 is 19.4 Å². The number of allylic oxidation sites excluding steroid dienone is 2. The zero-order chi connectivity index (χ0) is 15.7. The predicted molar refractivity (Wildman–Crippen MR) is 87.8 cm³/mol. The van der Waals surface area contributed by atoms with Gasteiger partial charge in [0.1, 0.15) is 0 Å². The SMILES string of the molecule is CCCCCCCC(=O)OCN1C=CC(C)=C(C(=O)O)C1.Cl. The molecule has 0 saturated heterocycles. The number of halogens is 1. The number of hydrogen-bond donors (Lipinski definition) is 1. The number of ether oxygens (including phenoxy) is 1. The van der Waals surface area contributed by atoms with E-state index in [0.717, 1.165) is 24.8 Å². The van der Waals surface area contributed by atoms with Crippen LogP contribution in [-0.4, -0.2) is 35.2 Å². The quantitative estimate of drug-likeness (QED) is 0.517. The van der Waals surface area contributed by atoms with Crippen molar-refractivity contribution in [1.82, 2.24) is 4.90 Å². The molecule has 0 amide bonds. The Hall–Kier alpha value is -1.49. The van der Waals surface area contributed by atoms with E-state index in [1.165, 1.54) is 12.8 Å². The fourth-order valence-corrected chi connectivity index (χ4v) is 2.12. The first kappa shape index (κ1) is 20.5. The highest BCUT2D eigenvalue weighted by Crippen LogP contribution is 2.15. The van der Waals surface area contributed by atoms with Gasteiger partial charge in [-0.1, -0.05) is 32.6 Å². The highest BCUT2D eigenvalue weighted by atomic mass is 35.5. The van der Waals surface area contributed by atoms with Crippen LogP contribution in [0.2, 0.25) is 0 Å². The Morgan fingerprint density at radius 3 is 2.59 bits per heavy atom. The topological polar surface area (TPSA) is 66.8 Å². The molecular formula is C16H26ClNO4. The van der Waals surface area contributed by atoms with Crippen molar-refractivity contribution in [2.24, 2.45) is 0 Å². The maximum atomic E-state index is 11.6. The van der Waals surface area contributed by atoms with E-state index in [4.69, 9.17) is 9.84 Å². The van der Waals surface area contributed by atoms with Gasteiger partial charge in [-0.3, -0.25) is 4.79 Å². The van der Waals surface area contributed by atoms with Gasteiger partial charge in [0.2, 0.25) is 0 Å². The van der Waals surface area contributed by atoms with E-state index in [1.807, 2.05) is 0 Å². The van der Waals surface area contributed by atoms with Crippen molar-refractivity contribution >= 4 is 24.3 Å². The molecule has 0 bridgehead atoms.